The van der Waals surface area contributed by atoms with Crippen LogP contribution in [0.5, 0.6) is 0 Å². The van der Waals surface area contributed by atoms with Crippen LogP contribution in [0, 0.1) is 52.3 Å². The van der Waals surface area contributed by atoms with Gasteiger partial charge in [-0.05, 0) is 116 Å². The van der Waals surface area contributed by atoms with E-state index in [-0.39, 0.29) is 24.7 Å². The highest BCUT2D eigenvalue weighted by Gasteiger charge is 2.61. The monoisotopic (exact) mass is 810 g/mol. The molecule has 1 aliphatic heterocycles. The van der Waals surface area contributed by atoms with Crippen molar-refractivity contribution in [2.45, 2.75) is 176 Å². The van der Waals surface area contributed by atoms with Gasteiger partial charge in [-0.3, -0.25) is 14.4 Å². The molecule has 1 aromatic carbocycles. The Labute approximate surface area is 346 Å². The number of ether oxygens (including phenoxy) is 6. The fourth-order valence-electron chi connectivity index (χ4n) is 12.6. The van der Waals surface area contributed by atoms with E-state index >= 15 is 0 Å². The molecule has 0 spiro atoms. The molecule has 4 saturated carbocycles. The predicted octanol–water partition coefficient (Wildman–Crippen LogP) is 8.94. The van der Waals surface area contributed by atoms with Gasteiger partial charge in [-0.15, -0.1) is 0 Å². The number of fused-ring (bicyclic) bond motifs is 5. The summed E-state index contributed by atoms with van der Waals surface area (Å²) in [6, 6.07) is 8.17. The molecule has 5 aliphatic rings. The second-order valence-electron chi connectivity index (χ2n) is 19.4. The highest BCUT2D eigenvalue weighted by Crippen LogP contribution is 2.68. The molecule has 11 nitrogen and oxygen atoms in total. The zero-order valence-corrected chi connectivity index (χ0v) is 36.4. The van der Waals surface area contributed by atoms with E-state index in [4.69, 9.17) is 28.4 Å². The summed E-state index contributed by atoms with van der Waals surface area (Å²) < 4.78 is 35.7. The number of carbonyl (C=O) groups is 4. The highest BCUT2D eigenvalue weighted by atomic mass is 16.7. The molecule has 58 heavy (non-hydrogen) atoms. The van der Waals surface area contributed by atoms with Crippen molar-refractivity contribution in [1.82, 2.24) is 5.32 Å². The smallest absolute Gasteiger partial charge is 0.407 e. The van der Waals surface area contributed by atoms with Crippen LogP contribution < -0.4 is 5.32 Å². The van der Waals surface area contributed by atoms with Gasteiger partial charge in [-0.1, -0.05) is 84.2 Å². The van der Waals surface area contributed by atoms with Gasteiger partial charge in [0.15, 0.2) is 18.5 Å². The van der Waals surface area contributed by atoms with Crippen LogP contribution >= 0.6 is 0 Å². The minimum absolute atomic E-state index is 0.00942. The van der Waals surface area contributed by atoms with Crippen LogP contribution in [0.4, 0.5) is 4.79 Å². The van der Waals surface area contributed by atoms with Crippen molar-refractivity contribution in [2.75, 3.05) is 6.61 Å². The fraction of sp³-hybridized carbons (Fsp3) is 0.787. The first-order valence-electron chi connectivity index (χ1n) is 22.3. The average Bonchev–Trinajstić information content (AvgIpc) is 3.53. The maximum absolute atomic E-state index is 13.4. The van der Waals surface area contributed by atoms with E-state index in [0.29, 0.717) is 17.3 Å². The Hall–Kier alpha value is -3.18. The molecule has 1 heterocycles. The highest BCUT2D eigenvalue weighted by molar-refractivity contribution is 5.69. The van der Waals surface area contributed by atoms with Crippen LogP contribution in [-0.2, 0) is 49.4 Å². The van der Waals surface area contributed by atoms with Gasteiger partial charge in [0.1, 0.15) is 25.4 Å². The van der Waals surface area contributed by atoms with E-state index in [1.807, 2.05) is 30.3 Å². The molecule has 1 aromatic rings. The van der Waals surface area contributed by atoms with Crippen molar-refractivity contribution in [3.63, 3.8) is 0 Å². The first-order valence-corrected chi connectivity index (χ1v) is 22.3. The fourth-order valence-corrected chi connectivity index (χ4v) is 12.6. The molecule has 11 heteroatoms. The summed E-state index contributed by atoms with van der Waals surface area (Å²) in [4.78, 5) is 50.3. The summed E-state index contributed by atoms with van der Waals surface area (Å²) in [6.45, 7) is 15.9. The molecule has 6 rings (SSSR count). The lowest BCUT2D eigenvalue weighted by Gasteiger charge is -2.61. The summed E-state index contributed by atoms with van der Waals surface area (Å²) in [6.07, 6.45) is 8.96. The van der Waals surface area contributed by atoms with Gasteiger partial charge < -0.3 is 33.7 Å². The van der Waals surface area contributed by atoms with Crippen molar-refractivity contribution in [2.24, 2.45) is 52.3 Å². The zero-order valence-electron chi connectivity index (χ0n) is 36.4. The first-order chi connectivity index (χ1) is 27.6. The summed E-state index contributed by atoms with van der Waals surface area (Å²) in [5, 5.41) is 2.84. The van der Waals surface area contributed by atoms with E-state index < -0.39 is 54.6 Å². The number of carbonyl (C=O) groups excluding carboxylic acids is 4. The third-order valence-electron chi connectivity index (χ3n) is 15.3. The molecule has 1 N–H and O–H groups in total. The van der Waals surface area contributed by atoms with Crippen LogP contribution in [0.15, 0.2) is 30.3 Å². The van der Waals surface area contributed by atoms with Gasteiger partial charge in [0.05, 0.1) is 6.10 Å². The average molecular weight is 810 g/mol. The maximum Gasteiger partial charge on any atom is 0.407 e. The zero-order chi connectivity index (χ0) is 41.8. The molecular weight excluding hydrogens is 739 g/mol. The Morgan fingerprint density at radius 1 is 0.793 bits per heavy atom. The van der Waals surface area contributed by atoms with Crippen molar-refractivity contribution in [1.29, 1.82) is 0 Å². The molecule has 1 saturated heterocycles. The van der Waals surface area contributed by atoms with Crippen LogP contribution in [-0.4, -0.2) is 67.4 Å². The maximum atomic E-state index is 13.4. The summed E-state index contributed by atoms with van der Waals surface area (Å²) in [5.74, 6) is 3.28. The van der Waals surface area contributed by atoms with Crippen LogP contribution in [0.2, 0.25) is 0 Å². The third-order valence-corrected chi connectivity index (χ3v) is 15.3. The molecule has 5 fully saturated rings. The summed E-state index contributed by atoms with van der Waals surface area (Å²) >= 11 is 0. The number of nitrogens with one attached hydrogen (secondary N) is 1. The first kappa shape index (κ1) is 44.4. The minimum atomic E-state index is -1.22. The molecule has 0 radical (unpaired) electrons. The molecule has 4 aliphatic carbocycles. The van der Waals surface area contributed by atoms with Gasteiger partial charge in [0.25, 0.3) is 0 Å². The lowest BCUT2D eigenvalue weighted by molar-refractivity contribution is -0.293. The van der Waals surface area contributed by atoms with Crippen molar-refractivity contribution in [3.05, 3.63) is 35.9 Å². The number of benzene rings is 1. The Balaban J connectivity index is 1.17. The number of amides is 1. The van der Waals surface area contributed by atoms with Gasteiger partial charge in [-0.2, -0.15) is 0 Å². The van der Waals surface area contributed by atoms with E-state index in [0.717, 1.165) is 60.8 Å². The van der Waals surface area contributed by atoms with Crippen molar-refractivity contribution < 1.29 is 47.6 Å². The van der Waals surface area contributed by atoms with Gasteiger partial charge in [0.2, 0.25) is 0 Å². The van der Waals surface area contributed by atoms with Gasteiger partial charge >= 0.3 is 24.0 Å². The van der Waals surface area contributed by atoms with Crippen LogP contribution in [0.3, 0.4) is 0 Å². The summed E-state index contributed by atoms with van der Waals surface area (Å²) in [5.41, 5.74) is 1.45. The minimum Gasteiger partial charge on any atom is -0.463 e. The predicted molar refractivity (Wildman–Crippen MR) is 218 cm³/mol. The Kier molecular flexibility index (Phi) is 14.6. The van der Waals surface area contributed by atoms with E-state index in [9.17, 15) is 19.2 Å². The largest absolute Gasteiger partial charge is 0.463 e. The molecule has 0 unspecified atom stereocenters. The number of alkyl carbamates (subject to hydrolysis) is 1. The number of hydrogen-bond donors (Lipinski definition) is 1. The number of hydrogen-bond acceptors (Lipinski definition) is 10. The molecule has 0 bridgehead atoms. The standard InChI is InChI=1S/C47H71NO10/c1-28(2)13-12-14-29(3)37-19-20-38-36-18-17-34-25-35(21-23-46(34,7)39(36)22-24-47(37,38)8)57-44-41(48-45(52)54-26-33-15-10-9-11-16-33)43(56-32(6)51)42(55-31(5)50)40(58-44)27-53-30(4)49/h9-11,15-16,28-29,34-44H,12-14,17-27H2,1-8H3,(H,48,52)/t29-,34+,35+,36+,37-,38+,39+,40-,41-,42-,43-,44+,46+,47-/m1/s1. The molecule has 0 aromatic heterocycles. The van der Waals surface area contributed by atoms with Gasteiger partial charge in [0, 0.05) is 20.8 Å². The molecule has 14 atom stereocenters. The van der Waals surface area contributed by atoms with Gasteiger partial charge in [-0.25, -0.2) is 4.79 Å². The number of rotatable bonds is 14. The van der Waals surface area contributed by atoms with E-state index in [1.165, 1.54) is 72.1 Å². The van der Waals surface area contributed by atoms with E-state index in [1.54, 1.807) is 0 Å². The van der Waals surface area contributed by atoms with E-state index in [2.05, 4.69) is 39.9 Å². The quantitative estimate of drug-likeness (QED) is 0.110. The normalized spacial score (nSPS) is 37.4. The Morgan fingerprint density at radius 3 is 2.17 bits per heavy atom. The number of esters is 3. The molecular formula is C47H71NO10. The topological polar surface area (TPSA) is 136 Å². The Bertz CT molecular complexity index is 1570. The van der Waals surface area contributed by atoms with Crippen molar-refractivity contribution in [3.8, 4) is 0 Å². The van der Waals surface area contributed by atoms with Crippen LogP contribution in [0.25, 0.3) is 0 Å². The third kappa shape index (κ3) is 10.0. The Morgan fingerprint density at radius 2 is 1.48 bits per heavy atom. The second kappa shape index (κ2) is 19.0. The second-order valence-corrected chi connectivity index (χ2v) is 19.4. The summed E-state index contributed by atoms with van der Waals surface area (Å²) in [7, 11) is 0. The molecule has 324 valence electrons. The lowest BCUT2D eigenvalue weighted by atomic mass is 9.44. The SMILES string of the molecule is CC(=O)OC[C@H]1O[C@H](O[C@H]2CC[C@@]3(C)[C@@H](CC[C@@H]4[C@@H]3CC[C@]3(C)[C@@H]([C@H](C)CCCC(C)C)CC[C@@H]43)C2)[C@H](NC(=O)OCc2ccccc2)[C@@H](OC(C)=O)[C@@H]1OC(C)=O. The lowest BCUT2D eigenvalue weighted by Crippen LogP contribution is -2.67. The van der Waals surface area contributed by atoms with Crippen molar-refractivity contribution >= 4 is 24.0 Å². The van der Waals surface area contributed by atoms with Crippen LogP contribution in [0.1, 0.15) is 138 Å². The molecule has 1 amide bonds.